The molecule has 2 heteroatoms. The SMILES string of the molecule is C=CCCCCCCCCC(=O)OC(CCC)(CCC)C(CCC)CCCCCC. The summed E-state index contributed by atoms with van der Waals surface area (Å²) in [6.45, 7) is 12.8. The molecule has 0 amide bonds. The molecular formula is C28H54O2. The molecule has 0 radical (unpaired) electrons. The number of hydrogen-bond acceptors (Lipinski definition) is 2. The molecule has 0 saturated carbocycles. The highest BCUT2D eigenvalue weighted by Gasteiger charge is 2.39. The fourth-order valence-corrected chi connectivity index (χ4v) is 4.94. The van der Waals surface area contributed by atoms with Gasteiger partial charge in [0.05, 0.1) is 0 Å². The number of carbonyl (C=O) groups excluding carboxylic acids is 1. The quantitative estimate of drug-likeness (QED) is 0.0985. The topological polar surface area (TPSA) is 26.3 Å². The zero-order chi connectivity index (χ0) is 22.5. The van der Waals surface area contributed by atoms with Crippen LogP contribution in [0.3, 0.4) is 0 Å². The van der Waals surface area contributed by atoms with Crippen molar-refractivity contribution in [2.75, 3.05) is 0 Å². The third kappa shape index (κ3) is 13.5. The van der Waals surface area contributed by atoms with Crippen molar-refractivity contribution in [1.82, 2.24) is 0 Å². The monoisotopic (exact) mass is 422 g/mol. The first-order chi connectivity index (χ1) is 14.6. The smallest absolute Gasteiger partial charge is 0.306 e. The Morgan fingerprint density at radius 2 is 1.37 bits per heavy atom. The number of carbonyl (C=O) groups is 1. The predicted octanol–water partition coefficient (Wildman–Crippen LogP) is 9.56. The summed E-state index contributed by atoms with van der Waals surface area (Å²) < 4.78 is 6.40. The number of esters is 1. The van der Waals surface area contributed by atoms with Crippen LogP contribution in [0.4, 0.5) is 0 Å². The summed E-state index contributed by atoms with van der Waals surface area (Å²) in [4.78, 5) is 12.8. The highest BCUT2D eigenvalue weighted by atomic mass is 16.6. The van der Waals surface area contributed by atoms with Gasteiger partial charge in [-0.15, -0.1) is 6.58 Å². The van der Waals surface area contributed by atoms with Crippen molar-refractivity contribution in [2.24, 2.45) is 5.92 Å². The van der Waals surface area contributed by atoms with E-state index in [0.29, 0.717) is 12.3 Å². The molecule has 0 rings (SSSR count). The van der Waals surface area contributed by atoms with E-state index in [1.54, 1.807) is 0 Å². The molecule has 0 aromatic heterocycles. The van der Waals surface area contributed by atoms with Crippen LogP contribution in [0, 0.1) is 5.92 Å². The van der Waals surface area contributed by atoms with E-state index in [0.717, 1.165) is 44.9 Å². The summed E-state index contributed by atoms with van der Waals surface area (Å²) in [5, 5.41) is 0. The van der Waals surface area contributed by atoms with Gasteiger partial charge >= 0.3 is 5.97 Å². The third-order valence-electron chi connectivity index (χ3n) is 6.49. The lowest BCUT2D eigenvalue weighted by Crippen LogP contribution is -2.43. The number of unbranched alkanes of at least 4 members (excludes halogenated alkanes) is 9. The van der Waals surface area contributed by atoms with Crippen molar-refractivity contribution >= 4 is 5.97 Å². The lowest BCUT2D eigenvalue weighted by molar-refractivity contribution is -0.170. The van der Waals surface area contributed by atoms with Crippen molar-refractivity contribution in [3.8, 4) is 0 Å². The number of hydrogen-bond donors (Lipinski definition) is 0. The molecule has 0 spiro atoms. The Morgan fingerprint density at radius 1 is 0.767 bits per heavy atom. The molecule has 30 heavy (non-hydrogen) atoms. The molecule has 0 aliphatic rings. The fourth-order valence-electron chi connectivity index (χ4n) is 4.94. The molecule has 0 fully saturated rings. The molecule has 0 N–H and O–H groups in total. The standard InChI is InChI=1S/C28H54O2/c1-6-11-13-15-16-17-18-20-23-27(29)30-28(24-9-4,25-10-5)26(21-8-3)22-19-14-12-7-2/h6,26H,1,7-25H2,2-5H3. The van der Waals surface area contributed by atoms with Crippen molar-refractivity contribution in [2.45, 2.75) is 155 Å². The molecule has 0 heterocycles. The summed E-state index contributed by atoms with van der Waals surface area (Å²) in [5.74, 6) is 0.575. The van der Waals surface area contributed by atoms with Gasteiger partial charge in [0.15, 0.2) is 0 Å². The van der Waals surface area contributed by atoms with Gasteiger partial charge < -0.3 is 4.74 Å². The zero-order valence-corrected chi connectivity index (χ0v) is 21.1. The average Bonchev–Trinajstić information content (AvgIpc) is 2.72. The summed E-state index contributed by atoms with van der Waals surface area (Å²) in [5.41, 5.74) is -0.229. The maximum atomic E-state index is 12.8. The second-order valence-electron chi connectivity index (χ2n) is 9.32. The van der Waals surface area contributed by atoms with E-state index in [1.807, 2.05) is 6.08 Å². The zero-order valence-electron chi connectivity index (χ0n) is 21.1. The van der Waals surface area contributed by atoms with Gasteiger partial charge in [-0.1, -0.05) is 104 Å². The van der Waals surface area contributed by atoms with Crippen LogP contribution in [0.1, 0.15) is 150 Å². The Bertz CT molecular complexity index is 395. The summed E-state index contributed by atoms with van der Waals surface area (Å²) >= 11 is 0. The van der Waals surface area contributed by atoms with E-state index in [4.69, 9.17) is 4.74 Å². The first-order valence-electron chi connectivity index (χ1n) is 13.4. The first kappa shape index (κ1) is 29.2. The molecule has 178 valence electrons. The van der Waals surface area contributed by atoms with Gasteiger partial charge in [0, 0.05) is 6.42 Å². The van der Waals surface area contributed by atoms with E-state index in [9.17, 15) is 4.79 Å². The molecule has 0 aliphatic carbocycles. The third-order valence-corrected chi connectivity index (χ3v) is 6.49. The molecular weight excluding hydrogens is 368 g/mol. The lowest BCUT2D eigenvalue weighted by atomic mass is 9.75. The lowest BCUT2D eigenvalue weighted by Gasteiger charge is -2.41. The number of allylic oxidation sites excluding steroid dienone is 1. The molecule has 1 unspecified atom stereocenters. The minimum atomic E-state index is -0.229. The van der Waals surface area contributed by atoms with Gasteiger partial charge in [0.1, 0.15) is 5.60 Å². The highest BCUT2D eigenvalue weighted by molar-refractivity contribution is 5.69. The van der Waals surface area contributed by atoms with Crippen LogP contribution >= 0.6 is 0 Å². The molecule has 0 bridgehead atoms. The molecule has 0 aromatic rings. The Hall–Kier alpha value is -0.790. The Kier molecular flexibility index (Phi) is 19.6. The maximum absolute atomic E-state index is 12.8. The largest absolute Gasteiger partial charge is 0.459 e. The molecule has 0 aromatic carbocycles. The first-order valence-corrected chi connectivity index (χ1v) is 13.4. The predicted molar refractivity (Wildman–Crippen MR) is 133 cm³/mol. The highest BCUT2D eigenvalue weighted by Crippen LogP contribution is 2.39. The van der Waals surface area contributed by atoms with Crippen molar-refractivity contribution in [3.63, 3.8) is 0 Å². The van der Waals surface area contributed by atoms with Gasteiger partial charge in [-0.3, -0.25) is 4.79 Å². The summed E-state index contributed by atoms with van der Waals surface area (Å²) in [6.07, 6.45) is 23.9. The molecule has 2 nitrogen and oxygen atoms in total. The minimum Gasteiger partial charge on any atom is -0.459 e. The maximum Gasteiger partial charge on any atom is 0.306 e. The normalized spacial score (nSPS) is 12.7. The van der Waals surface area contributed by atoms with Gasteiger partial charge in [-0.05, 0) is 50.9 Å². The van der Waals surface area contributed by atoms with Crippen LogP contribution in [0.2, 0.25) is 0 Å². The molecule has 0 aliphatic heterocycles. The van der Waals surface area contributed by atoms with Gasteiger partial charge in [0.2, 0.25) is 0 Å². The number of rotatable bonds is 22. The Labute approximate surface area is 189 Å². The van der Waals surface area contributed by atoms with Gasteiger partial charge in [0.25, 0.3) is 0 Å². The second kappa shape index (κ2) is 20.1. The Morgan fingerprint density at radius 3 is 1.93 bits per heavy atom. The molecule has 0 saturated heterocycles. The van der Waals surface area contributed by atoms with Gasteiger partial charge in [-0.25, -0.2) is 0 Å². The van der Waals surface area contributed by atoms with Crippen LogP contribution in [0.5, 0.6) is 0 Å². The van der Waals surface area contributed by atoms with Crippen LogP contribution in [-0.2, 0) is 9.53 Å². The van der Waals surface area contributed by atoms with Gasteiger partial charge in [-0.2, -0.15) is 0 Å². The van der Waals surface area contributed by atoms with E-state index < -0.39 is 0 Å². The van der Waals surface area contributed by atoms with E-state index >= 15 is 0 Å². The van der Waals surface area contributed by atoms with E-state index in [2.05, 4.69) is 34.3 Å². The molecule has 1 atom stereocenters. The van der Waals surface area contributed by atoms with Crippen molar-refractivity contribution in [3.05, 3.63) is 12.7 Å². The van der Waals surface area contributed by atoms with Crippen LogP contribution < -0.4 is 0 Å². The summed E-state index contributed by atoms with van der Waals surface area (Å²) in [7, 11) is 0. The van der Waals surface area contributed by atoms with Crippen molar-refractivity contribution in [1.29, 1.82) is 0 Å². The Balaban J connectivity index is 4.74. The average molecular weight is 423 g/mol. The van der Waals surface area contributed by atoms with E-state index in [-0.39, 0.29) is 11.6 Å². The van der Waals surface area contributed by atoms with Crippen LogP contribution in [0.25, 0.3) is 0 Å². The number of ether oxygens (including phenoxy) is 1. The van der Waals surface area contributed by atoms with Crippen molar-refractivity contribution < 1.29 is 9.53 Å². The minimum absolute atomic E-state index is 0.0539. The van der Waals surface area contributed by atoms with E-state index in [1.165, 1.54) is 70.6 Å². The van der Waals surface area contributed by atoms with Crippen LogP contribution in [0.15, 0.2) is 12.7 Å². The van der Waals surface area contributed by atoms with Crippen LogP contribution in [-0.4, -0.2) is 11.6 Å². The summed E-state index contributed by atoms with van der Waals surface area (Å²) in [6, 6.07) is 0. The fraction of sp³-hybridized carbons (Fsp3) is 0.893. The second-order valence-corrected chi connectivity index (χ2v) is 9.32.